The fraction of sp³-hybridized carbons (Fsp3) is 0.393. The molecule has 1 atom stereocenters. The summed E-state index contributed by atoms with van der Waals surface area (Å²) in [5, 5.41) is 11.7. The zero-order chi connectivity index (χ0) is 25.7. The van der Waals surface area contributed by atoms with Gasteiger partial charge in [0, 0.05) is 37.2 Å². The van der Waals surface area contributed by atoms with E-state index in [1.54, 1.807) is 37.5 Å². The molecule has 3 aliphatic heterocycles. The van der Waals surface area contributed by atoms with E-state index in [0.717, 1.165) is 50.6 Å². The second kappa shape index (κ2) is 11.4. The Bertz CT molecular complexity index is 1170. The lowest BCUT2D eigenvalue weighted by Crippen LogP contribution is -2.37. The summed E-state index contributed by atoms with van der Waals surface area (Å²) in [7, 11) is 1.56. The summed E-state index contributed by atoms with van der Waals surface area (Å²) in [6.45, 7) is 5.23. The van der Waals surface area contributed by atoms with Gasteiger partial charge in [0.1, 0.15) is 23.7 Å². The molecule has 37 heavy (non-hydrogen) atoms. The van der Waals surface area contributed by atoms with Gasteiger partial charge in [0.05, 0.1) is 26.9 Å². The van der Waals surface area contributed by atoms with Gasteiger partial charge in [0.25, 0.3) is 5.79 Å². The smallest absolute Gasteiger partial charge is 0.345 e. The molecule has 5 rings (SSSR count). The van der Waals surface area contributed by atoms with Crippen molar-refractivity contribution >= 4 is 5.97 Å². The van der Waals surface area contributed by atoms with Crippen molar-refractivity contribution in [1.29, 1.82) is 0 Å². The quantitative estimate of drug-likeness (QED) is 0.295. The first-order chi connectivity index (χ1) is 18.1. The number of carbonyl (C=O) groups excluding carboxylic acids is 1. The Labute approximate surface area is 215 Å². The highest BCUT2D eigenvalue weighted by molar-refractivity contribution is 5.97. The number of aliphatic hydroxyl groups is 1. The van der Waals surface area contributed by atoms with Crippen LogP contribution >= 0.6 is 0 Å². The van der Waals surface area contributed by atoms with Crippen LogP contribution in [0.2, 0.25) is 0 Å². The number of hydrogen-bond donors (Lipinski definition) is 1. The number of carbonyl (C=O) groups is 1. The van der Waals surface area contributed by atoms with Crippen LogP contribution < -0.4 is 9.47 Å². The van der Waals surface area contributed by atoms with Gasteiger partial charge in [-0.25, -0.2) is 4.79 Å². The first-order valence-corrected chi connectivity index (χ1v) is 12.4. The van der Waals surface area contributed by atoms with Crippen molar-refractivity contribution in [2.45, 2.75) is 18.6 Å². The number of ether oxygens (including phenoxy) is 4. The first kappa shape index (κ1) is 25.3. The van der Waals surface area contributed by atoms with Crippen LogP contribution in [0.1, 0.15) is 17.5 Å². The molecule has 196 valence electrons. The van der Waals surface area contributed by atoms with Crippen LogP contribution in [0, 0.1) is 0 Å². The molecule has 0 radical (unpaired) electrons. The third-order valence-electron chi connectivity index (χ3n) is 6.64. The van der Waals surface area contributed by atoms with E-state index in [9.17, 15) is 9.90 Å². The van der Waals surface area contributed by atoms with E-state index in [1.807, 2.05) is 24.3 Å². The molecule has 1 saturated heterocycles. The summed E-state index contributed by atoms with van der Waals surface area (Å²) in [6, 6.07) is 14.4. The number of esters is 1. The topological polar surface area (TPSA) is 95.9 Å². The van der Waals surface area contributed by atoms with Crippen molar-refractivity contribution < 1.29 is 38.6 Å². The Morgan fingerprint density at radius 3 is 2.62 bits per heavy atom. The fourth-order valence-electron chi connectivity index (χ4n) is 4.68. The maximum Gasteiger partial charge on any atom is 0.345 e. The van der Waals surface area contributed by atoms with Crippen molar-refractivity contribution in [3.8, 4) is 11.5 Å². The molecular weight excluding hydrogens is 478 g/mol. The number of benzene rings is 2. The molecule has 3 aliphatic rings. The predicted octanol–water partition coefficient (Wildman–Crippen LogP) is 2.88. The van der Waals surface area contributed by atoms with Crippen LogP contribution in [0.5, 0.6) is 11.5 Å². The minimum Gasteiger partial charge on any atom is -0.497 e. The Hall–Kier alpha value is -3.37. The van der Waals surface area contributed by atoms with Crippen molar-refractivity contribution in [2.75, 3.05) is 53.2 Å². The van der Waals surface area contributed by atoms with Gasteiger partial charge in [0.15, 0.2) is 5.76 Å². The highest BCUT2D eigenvalue weighted by Gasteiger charge is 2.49. The normalized spacial score (nSPS) is 22.0. The average Bonchev–Trinajstić information content (AvgIpc) is 3.54. The highest BCUT2D eigenvalue weighted by atomic mass is 17.2. The number of rotatable bonds is 10. The molecule has 2 aromatic rings. The molecule has 0 aromatic heterocycles. The zero-order valence-corrected chi connectivity index (χ0v) is 20.8. The molecule has 0 bridgehead atoms. The van der Waals surface area contributed by atoms with E-state index in [1.165, 1.54) is 0 Å². The Morgan fingerprint density at radius 2 is 1.89 bits per heavy atom. The molecule has 3 heterocycles. The van der Waals surface area contributed by atoms with E-state index in [2.05, 4.69) is 4.90 Å². The fourth-order valence-corrected chi connectivity index (χ4v) is 4.68. The molecule has 0 amide bonds. The molecule has 0 saturated carbocycles. The van der Waals surface area contributed by atoms with Crippen molar-refractivity contribution in [2.24, 2.45) is 0 Å². The average molecular weight is 510 g/mol. The minimum atomic E-state index is -1.97. The van der Waals surface area contributed by atoms with Crippen LogP contribution in [-0.4, -0.2) is 69.1 Å². The van der Waals surface area contributed by atoms with Crippen LogP contribution in [0.25, 0.3) is 0 Å². The van der Waals surface area contributed by atoms with E-state index in [4.69, 9.17) is 28.7 Å². The van der Waals surface area contributed by atoms with Crippen molar-refractivity contribution in [3.05, 3.63) is 82.6 Å². The highest BCUT2D eigenvalue weighted by Crippen LogP contribution is 2.44. The van der Waals surface area contributed by atoms with Gasteiger partial charge in [-0.1, -0.05) is 12.1 Å². The van der Waals surface area contributed by atoms with Crippen molar-refractivity contribution in [1.82, 2.24) is 4.90 Å². The maximum absolute atomic E-state index is 13.0. The number of morpholine rings is 1. The summed E-state index contributed by atoms with van der Waals surface area (Å²) >= 11 is 0. The molecule has 1 fully saturated rings. The van der Waals surface area contributed by atoms with Crippen LogP contribution in [-0.2, 0) is 36.3 Å². The summed E-state index contributed by atoms with van der Waals surface area (Å²) in [5.74, 6) is -1.07. The van der Waals surface area contributed by atoms with Crippen LogP contribution in [0.4, 0.5) is 0 Å². The largest absolute Gasteiger partial charge is 0.497 e. The van der Waals surface area contributed by atoms with Gasteiger partial charge in [-0.05, 0) is 54.5 Å². The third kappa shape index (κ3) is 5.65. The lowest BCUT2D eigenvalue weighted by Gasteiger charge is -2.26. The summed E-state index contributed by atoms with van der Waals surface area (Å²) < 4.78 is 22.2. The number of nitrogens with zero attached hydrogens (tertiary/aromatic N) is 1. The van der Waals surface area contributed by atoms with E-state index in [-0.39, 0.29) is 24.4 Å². The Balaban J connectivity index is 1.35. The molecule has 1 unspecified atom stereocenters. The summed E-state index contributed by atoms with van der Waals surface area (Å²) in [5.41, 5.74) is 1.78. The molecule has 0 spiro atoms. The third-order valence-corrected chi connectivity index (χ3v) is 6.64. The molecule has 1 N–H and O–H groups in total. The predicted molar refractivity (Wildman–Crippen MR) is 133 cm³/mol. The second-order valence-corrected chi connectivity index (χ2v) is 9.03. The molecular formula is C28H31NO8. The van der Waals surface area contributed by atoms with E-state index < -0.39 is 11.8 Å². The number of methoxy groups -OCH3 is 1. The van der Waals surface area contributed by atoms with Gasteiger partial charge in [-0.3, -0.25) is 4.90 Å². The van der Waals surface area contributed by atoms with Crippen LogP contribution in [0.3, 0.4) is 0 Å². The second-order valence-electron chi connectivity index (χ2n) is 9.03. The zero-order valence-electron chi connectivity index (χ0n) is 20.8. The van der Waals surface area contributed by atoms with Crippen molar-refractivity contribution in [3.63, 3.8) is 0 Å². The van der Waals surface area contributed by atoms with E-state index >= 15 is 0 Å². The Morgan fingerprint density at radius 1 is 1.08 bits per heavy atom. The lowest BCUT2D eigenvalue weighted by molar-refractivity contribution is -0.231. The SMILES string of the molecule is COc1ccc(C2(O)OC(=O)C(C3=CCOO3)=C2Cc2cccc(OCCCN3CCOCC3)c2)cc1. The first-order valence-electron chi connectivity index (χ1n) is 12.4. The number of hydrogen-bond acceptors (Lipinski definition) is 9. The van der Waals surface area contributed by atoms with Crippen LogP contribution in [0.15, 0.2) is 71.5 Å². The molecule has 0 aliphatic carbocycles. The lowest BCUT2D eigenvalue weighted by atomic mass is 9.89. The van der Waals surface area contributed by atoms with E-state index in [0.29, 0.717) is 23.5 Å². The number of cyclic esters (lactones) is 1. The van der Waals surface area contributed by atoms with Gasteiger partial charge in [-0.2, -0.15) is 4.89 Å². The maximum atomic E-state index is 13.0. The minimum absolute atomic E-state index is 0.160. The van der Waals surface area contributed by atoms with Gasteiger partial charge in [-0.15, -0.1) is 0 Å². The molecule has 9 heteroatoms. The Kier molecular flexibility index (Phi) is 7.76. The monoisotopic (exact) mass is 509 g/mol. The molecule has 9 nitrogen and oxygen atoms in total. The summed E-state index contributed by atoms with van der Waals surface area (Å²) in [4.78, 5) is 25.5. The van der Waals surface area contributed by atoms with Gasteiger partial charge in [0.2, 0.25) is 0 Å². The van der Waals surface area contributed by atoms with Gasteiger partial charge < -0.3 is 28.9 Å². The van der Waals surface area contributed by atoms with Gasteiger partial charge >= 0.3 is 5.97 Å². The standard InChI is InChI=1S/C28H31NO8/c1-32-22-8-6-21(7-9-22)28(31)24(26(27(30)36-28)25-10-15-35-37-25)19-20-4-2-5-23(18-20)34-14-3-11-29-12-16-33-17-13-29/h2,4-10,18,31H,3,11-17,19H2,1H3. The molecule has 2 aromatic carbocycles. The summed E-state index contributed by atoms with van der Waals surface area (Å²) in [6.07, 6.45) is 2.78.